The molecule has 2 fully saturated rings. The van der Waals surface area contributed by atoms with Crippen LogP contribution in [0.1, 0.15) is 94.1 Å². The molecule has 16 heteroatoms. The molecule has 3 heterocycles. The van der Waals surface area contributed by atoms with Crippen molar-refractivity contribution in [3.63, 3.8) is 0 Å². The lowest BCUT2D eigenvalue weighted by molar-refractivity contribution is -0.298. The Balaban J connectivity index is 2.26. The largest absolute Gasteiger partial charge is 0.461 e. The monoisotopic (exact) mass is 832 g/mol. The number of esters is 2. The van der Waals surface area contributed by atoms with E-state index in [1.54, 1.807) is 79.1 Å². The van der Waals surface area contributed by atoms with Gasteiger partial charge in [-0.15, -0.1) is 0 Å². The zero-order valence-electron chi connectivity index (χ0n) is 36.8. The second-order valence-corrected chi connectivity index (χ2v) is 17.2. The highest BCUT2D eigenvalue weighted by Gasteiger charge is 2.54. The molecule has 0 spiro atoms. The third-order valence-corrected chi connectivity index (χ3v) is 11.8. The number of aliphatic hydroxyl groups excluding tert-OH is 1. The first-order valence-electron chi connectivity index (χ1n) is 20.6. The fraction of sp³-hybridized carbons (Fsp3) is 0.721. The van der Waals surface area contributed by atoms with Crippen molar-refractivity contribution in [2.75, 3.05) is 20.6 Å². The van der Waals surface area contributed by atoms with Gasteiger partial charge in [0, 0.05) is 42.7 Å². The number of aliphatic hydroxyl groups is 1. The number of likely N-dealkylation sites (N-methyl/N-ethyl adjacent to an activating group) is 1. The third kappa shape index (κ3) is 12.3. The zero-order valence-corrected chi connectivity index (χ0v) is 36.8. The highest BCUT2D eigenvalue weighted by Crippen LogP contribution is 2.41. The van der Waals surface area contributed by atoms with Gasteiger partial charge in [0.05, 0.1) is 24.0 Å². The van der Waals surface area contributed by atoms with Crippen LogP contribution in [0.15, 0.2) is 30.6 Å². The highest BCUT2D eigenvalue weighted by atomic mass is 16.7. The Morgan fingerprint density at radius 3 is 2.39 bits per heavy atom. The number of carbonyl (C=O) groups excluding carboxylic acids is 5. The fourth-order valence-corrected chi connectivity index (χ4v) is 8.30. The van der Waals surface area contributed by atoms with E-state index in [9.17, 15) is 29.1 Å². The van der Waals surface area contributed by atoms with Gasteiger partial charge in [0.1, 0.15) is 35.8 Å². The van der Waals surface area contributed by atoms with Crippen LogP contribution >= 0.6 is 0 Å². The summed E-state index contributed by atoms with van der Waals surface area (Å²) in [7, 11) is 3.66. The highest BCUT2D eigenvalue weighted by molar-refractivity contribution is 5.84. The van der Waals surface area contributed by atoms with E-state index in [1.807, 2.05) is 32.0 Å². The summed E-state index contributed by atoms with van der Waals surface area (Å²) >= 11 is 0. The van der Waals surface area contributed by atoms with Crippen molar-refractivity contribution in [3.8, 4) is 0 Å². The number of cyclic esters (lactones) is 1. The molecule has 1 amide bonds. The van der Waals surface area contributed by atoms with Gasteiger partial charge < -0.3 is 49.5 Å². The molecule has 0 saturated carbocycles. The molecule has 2 aliphatic rings. The smallest absolute Gasteiger partial charge is 0.408 e. The summed E-state index contributed by atoms with van der Waals surface area (Å²) in [6.07, 6.45) is -0.0722. The van der Waals surface area contributed by atoms with Crippen LogP contribution in [0.2, 0.25) is 0 Å². The maximum atomic E-state index is 14.4. The van der Waals surface area contributed by atoms with E-state index in [1.165, 1.54) is 13.8 Å². The lowest BCUT2D eigenvalue weighted by Crippen LogP contribution is -2.63. The summed E-state index contributed by atoms with van der Waals surface area (Å²) < 4.78 is 37.1. The molecule has 4 N–H and O–H groups in total. The Morgan fingerprint density at radius 2 is 1.81 bits per heavy atom. The molecule has 1 aromatic heterocycles. The molecular formula is C43H68N4O12. The topological polar surface area (TPSA) is 215 Å². The summed E-state index contributed by atoms with van der Waals surface area (Å²) in [5.74, 6) is -6.40. The Kier molecular flexibility index (Phi) is 18.0. The molecule has 59 heavy (non-hydrogen) atoms. The van der Waals surface area contributed by atoms with Gasteiger partial charge in [-0.2, -0.15) is 0 Å². The van der Waals surface area contributed by atoms with Crippen LogP contribution in [0, 0.1) is 29.6 Å². The molecule has 14 atom stereocenters. The number of Topliss-reactive ketones (excluding diaryl/α,β-unsaturated/α-hetero) is 1. The molecule has 16 nitrogen and oxygen atoms in total. The Morgan fingerprint density at radius 1 is 1.14 bits per heavy atom. The van der Waals surface area contributed by atoms with Crippen LogP contribution in [-0.2, 0) is 47.6 Å². The summed E-state index contributed by atoms with van der Waals surface area (Å²) in [6.45, 7) is 16.7. The van der Waals surface area contributed by atoms with Gasteiger partial charge in [-0.25, -0.2) is 4.79 Å². The average Bonchev–Trinajstić information content (AvgIpc) is 3.18. The molecule has 0 unspecified atom stereocenters. The number of alkyl carbamates (subject to hydrolysis) is 1. The maximum absolute atomic E-state index is 14.4. The van der Waals surface area contributed by atoms with Crippen LogP contribution in [-0.4, -0.2) is 126 Å². The van der Waals surface area contributed by atoms with E-state index in [0.29, 0.717) is 6.42 Å². The van der Waals surface area contributed by atoms with Gasteiger partial charge in [0.25, 0.3) is 6.47 Å². The number of ether oxygens (including phenoxy) is 6. The van der Waals surface area contributed by atoms with Crippen molar-refractivity contribution in [3.05, 3.63) is 36.2 Å². The number of amides is 1. The van der Waals surface area contributed by atoms with Gasteiger partial charge in [-0.3, -0.25) is 24.2 Å². The Bertz CT molecular complexity index is 1600. The predicted octanol–water partition coefficient (Wildman–Crippen LogP) is 4.06. The van der Waals surface area contributed by atoms with Crippen molar-refractivity contribution < 1.29 is 57.5 Å². The van der Waals surface area contributed by atoms with E-state index < -0.39 is 95.6 Å². The van der Waals surface area contributed by atoms with Crippen molar-refractivity contribution in [1.82, 2.24) is 15.2 Å². The number of nitrogens with one attached hydrogen (secondary N) is 1. The lowest BCUT2D eigenvalue weighted by Gasteiger charge is -2.48. The zero-order chi connectivity index (χ0) is 44.4. The normalized spacial score (nSPS) is 36.4. The number of carbonyl (C=O) groups is 5. The molecule has 0 bridgehead atoms. The van der Waals surface area contributed by atoms with Gasteiger partial charge in [-0.1, -0.05) is 59.8 Å². The summed E-state index contributed by atoms with van der Waals surface area (Å²) in [5, 5.41) is 14.4. The number of hydrogen-bond acceptors (Lipinski definition) is 15. The fourth-order valence-electron chi connectivity index (χ4n) is 8.30. The number of hydrogen-bond donors (Lipinski definition) is 3. The lowest BCUT2D eigenvalue weighted by atomic mass is 9.73. The quantitative estimate of drug-likeness (QED) is 0.154. The minimum Gasteiger partial charge on any atom is -0.461 e. The molecule has 3 rings (SSSR count). The summed E-state index contributed by atoms with van der Waals surface area (Å²) in [4.78, 5) is 73.9. The van der Waals surface area contributed by atoms with Crippen LogP contribution < -0.4 is 11.1 Å². The predicted molar refractivity (Wildman–Crippen MR) is 218 cm³/mol. The average molecular weight is 833 g/mol. The van der Waals surface area contributed by atoms with E-state index in [2.05, 4.69) is 10.3 Å². The minimum atomic E-state index is -1.74. The Labute approximate surface area is 349 Å². The number of ketones is 1. The van der Waals surface area contributed by atoms with E-state index in [0.717, 1.165) is 5.56 Å². The van der Waals surface area contributed by atoms with E-state index in [-0.39, 0.29) is 43.8 Å². The van der Waals surface area contributed by atoms with E-state index in [4.69, 9.17) is 34.2 Å². The van der Waals surface area contributed by atoms with Crippen molar-refractivity contribution in [1.29, 1.82) is 0 Å². The number of pyridine rings is 1. The van der Waals surface area contributed by atoms with Gasteiger partial charge in [0.2, 0.25) is 0 Å². The molecule has 0 aromatic carbocycles. The number of rotatable bonds is 12. The first-order valence-corrected chi connectivity index (χ1v) is 20.6. The van der Waals surface area contributed by atoms with Crippen LogP contribution in [0.5, 0.6) is 0 Å². The first kappa shape index (κ1) is 49.4. The SMILES string of the molecule is CC[C@H]1OC(=O)[C@H](C)[C@@H](OC(=O)C(C)C)[C@H](C)[C@@H](O[C@@H]2O[C@H](C)C[C@H](N(C)C)[C@H]2O)[C@](C)(OC(=O)NC/C=C/c2cccnc2)C[C@@H](C)C(=O)[C@H](C)[C@@H](N)[C@]1(C)OC=O. The number of aromatic nitrogens is 1. The molecule has 2 saturated heterocycles. The molecule has 1 aromatic rings. The van der Waals surface area contributed by atoms with Gasteiger partial charge >= 0.3 is 18.0 Å². The number of nitrogens with two attached hydrogens (primary N) is 1. The second-order valence-electron chi connectivity index (χ2n) is 17.2. The van der Waals surface area contributed by atoms with Crippen molar-refractivity contribution in [2.45, 2.75) is 149 Å². The van der Waals surface area contributed by atoms with Crippen LogP contribution in [0.25, 0.3) is 6.08 Å². The van der Waals surface area contributed by atoms with Crippen molar-refractivity contribution in [2.24, 2.45) is 35.3 Å². The molecule has 2 aliphatic heterocycles. The summed E-state index contributed by atoms with van der Waals surface area (Å²) in [5.41, 5.74) is 4.20. The molecule has 332 valence electrons. The van der Waals surface area contributed by atoms with Gasteiger partial charge in [-0.05, 0) is 72.7 Å². The van der Waals surface area contributed by atoms with Crippen LogP contribution in [0.4, 0.5) is 4.79 Å². The summed E-state index contributed by atoms with van der Waals surface area (Å²) in [6, 6.07) is 2.09. The molecule has 0 aliphatic carbocycles. The number of nitrogens with zero attached hydrogens (tertiary/aromatic N) is 2. The molecular weight excluding hydrogens is 764 g/mol. The van der Waals surface area contributed by atoms with Crippen molar-refractivity contribution >= 4 is 36.4 Å². The third-order valence-electron chi connectivity index (χ3n) is 11.8. The van der Waals surface area contributed by atoms with Crippen LogP contribution in [0.3, 0.4) is 0 Å². The van der Waals surface area contributed by atoms with Gasteiger partial charge in [0.15, 0.2) is 11.9 Å². The molecule has 0 radical (unpaired) electrons. The second kappa shape index (κ2) is 21.5. The first-order chi connectivity index (χ1) is 27.6. The standard InChI is InChI=1S/C43H68N4O12/c1-13-32-43(10,54-23-48)36(44)27(6)33(49)25(4)21-42(9,59-41(53)46-19-15-17-30-16-14-18-45-22-30)37(58-40-34(50)31(47(11)12)20-26(5)55-40)28(7)35(29(8)39(52)56-32)57-38(51)24(2)3/h14-18,22-29,31-32,34-37,40,50H,13,19-21,44H2,1-12H3,(H,46,53)/b17-15+/t25-,26-,27+,28+,29-,31+,32-,34-,35+,36-,37-,40+,42-,43-/m1/s1. The Hall–Kier alpha value is -3.96. The van der Waals surface area contributed by atoms with E-state index >= 15 is 0 Å². The maximum Gasteiger partial charge on any atom is 0.408 e. The minimum absolute atomic E-state index is 0.0587.